The minimum Gasteiger partial charge on any atom is -0.507 e. The van der Waals surface area contributed by atoms with Gasteiger partial charge in [-0.3, -0.25) is 4.79 Å². The summed E-state index contributed by atoms with van der Waals surface area (Å²) in [7, 11) is 0. The van der Waals surface area contributed by atoms with E-state index in [1.807, 2.05) is 30.3 Å². The molecule has 0 aromatic heterocycles. The average molecular weight is 244 g/mol. The van der Waals surface area contributed by atoms with Gasteiger partial charge in [0.05, 0.1) is 0 Å². The van der Waals surface area contributed by atoms with E-state index >= 15 is 0 Å². The van der Waals surface area contributed by atoms with Crippen molar-refractivity contribution in [1.29, 1.82) is 0 Å². The lowest BCUT2D eigenvalue weighted by Crippen LogP contribution is -1.83. The first-order valence-electron chi connectivity index (χ1n) is 5.24. The molecule has 0 aliphatic rings. The first-order chi connectivity index (χ1) is 8.29. The molecule has 0 saturated carbocycles. The van der Waals surface area contributed by atoms with Gasteiger partial charge >= 0.3 is 0 Å². The van der Waals surface area contributed by atoms with E-state index in [1.165, 1.54) is 11.6 Å². The smallest absolute Gasteiger partial charge is 0.150 e. The van der Waals surface area contributed by atoms with Crippen molar-refractivity contribution in [3.8, 4) is 5.75 Å². The van der Waals surface area contributed by atoms with Crippen molar-refractivity contribution in [2.45, 2.75) is 10.6 Å². The molecule has 0 fully saturated rings. The topological polar surface area (TPSA) is 37.3 Å². The van der Waals surface area contributed by atoms with Crippen LogP contribution in [-0.4, -0.2) is 11.4 Å². The van der Waals surface area contributed by atoms with Crippen molar-refractivity contribution in [3.63, 3.8) is 0 Å². The molecule has 0 unspecified atom stereocenters. The van der Waals surface area contributed by atoms with Crippen LogP contribution >= 0.6 is 11.8 Å². The van der Waals surface area contributed by atoms with Gasteiger partial charge in [0.25, 0.3) is 0 Å². The fraction of sp³-hybridized carbons (Fsp3) is 0.0714. The molecule has 0 bridgehead atoms. The van der Waals surface area contributed by atoms with Gasteiger partial charge in [-0.2, -0.15) is 0 Å². The van der Waals surface area contributed by atoms with Gasteiger partial charge in [-0.25, -0.2) is 0 Å². The number of aromatic hydroxyl groups is 1. The number of hydrogen-bond acceptors (Lipinski definition) is 3. The standard InChI is InChI=1S/C14H12O2S/c15-9-12-6-7-14(13(16)8-12)17-10-11-4-2-1-3-5-11/h1-9,16H,10H2. The van der Waals surface area contributed by atoms with Gasteiger partial charge < -0.3 is 5.11 Å². The number of carbonyl (C=O) groups is 1. The van der Waals surface area contributed by atoms with Crippen LogP contribution in [0.15, 0.2) is 53.4 Å². The normalized spacial score (nSPS) is 10.1. The molecule has 2 aromatic rings. The maximum Gasteiger partial charge on any atom is 0.150 e. The Bertz CT molecular complexity index is 509. The molecule has 2 aromatic carbocycles. The molecule has 17 heavy (non-hydrogen) atoms. The highest BCUT2D eigenvalue weighted by Gasteiger charge is 2.03. The van der Waals surface area contributed by atoms with Crippen LogP contribution < -0.4 is 0 Å². The molecule has 0 spiro atoms. The second-order valence-electron chi connectivity index (χ2n) is 3.62. The van der Waals surface area contributed by atoms with Gasteiger partial charge in [-0.15, -0.1) is 11.8 Å². The lowest BCUT2D eigenvalue weighted by Gasteiger charge is -2.04. The Morgan fingerprint density at radius 3 is 2.53 bits per heavy atom. The summed E-state index contributed by atoms with van der Waals surface area (Å²) in [5.41, 5.74) is 1.70. The molecule has 86 valence electrons. The Kier molecular flexibility index (Phi) is 3.83. The predicted octanol–water partition coefficient (Wildman–Crippen LogP) is 3.50. The van der Waals surface area contributed by atoms with E-state index in [0.29, 0.717) is 5.56 Å². The van der Waals surface area contributed by atoms with Gasteiger partial charge in [-0.1, -0.05) is 36.4 Å². The SMILES string of the molecule is O=Cc1ccc(SCc2ccccc2)c(O)c1. The lowest BCUT2D eigenvalue weighted by molar-refractivity contribution is 0.112. The maximum absolute atomic E-state index is 10.5. The fourth-order valence-electron chi connectivity index (χ4n) is 1.47. The first-order valence-corrected chi connectivity index (χ1v) is 6.23. The molecule has 0 aliphatic heterocycles. The highest BCUT2D eigenvalue weighted by molar-refractivity contribution is 7.98. The molecular weight excluding hydrogens is 232 g/mol. The summed E-state index contributed by atoms with van der Waals surface area (Å²) in [6, 6.07) is 15.0. The summed E-state index contributed by atoms with van der Waals surface area (Å²) < 4.78 is 0. The molecule has 0 amide bonds. The minimum atomic E-state index is 0.163. The summed E-state index contributed by atoms with van der Waals surface area (Å²) in [6.07, 6.45) is 0.728. The third kappa shape index (κ3) is 3.11. The summed E-state index contributed by atoms with van der Waals surface area (Å²) in [6.45, 7) is 0. The van der Waals surface area contributed by atoms with Crippen LogP contribution in [0.1, 0.15) is 15.9 Å². The van der Waals surface area contributed by atoms with E-state index in [0.717, 1.165) is 16.9 Å². The second-order valence-corrected chi connectivity index (χ2v) is 4.64. The van der Waals surface area contributed by atoms with E-state index < -0.39 is 0 Å². The zero-order chi connectivity index (χ0) is 12.1. The molecule has 1 N–H and O–H groups in total. The molecule has 0 radical (unpaired) electrons. The zero-order valence-electron chi connectivity index (χ0n) is 9.17. The van der Waals surface area contributed by atoms with Crippen LogP contribution in [0.5, 0.6) is 5.75 Å². The predicted molar refractivity (Wildman–Crippen MR) is 69.5 cm³/mol. The van der Waals surface area contributed by atoms with Crippen molar-refractivity contribution >= 4 is 18.0 Å². The molecular formula is C14H12O2S. The quantitative estimate of drug-likeness (QED) is 0.660. The molecule has 3 heteroatoms. The molecule has 2 rings (SSSR count). The van der Waals surface area contributed by atoms with Crippen LogP contribution in [0.2, 0.25) is 0 Å². The van der Waals surface area contributed by atoms with E-state index in [4.69, 9.17) is 0 Å². The third-order valence-electron chi connectivity index (χ3n) is 2.36. The zero-order valence-corrected chi connectivity index (χ0v) is 9.98. The van der Waals surface area contributed by atoms with Crippen molar-refractivity contribution in [2.75, 3.05) is 0 Å². The summed E-state index contributed by atoms with van der Waals surface area (Å²) >= 11 is 1.55. The maximum atomic E-state index is 10.5. The van der Waals surface area contributed by atoms with Crippen molar-refractivity contribution < 1.29 is 9.90 Å². The Morgan fingerprint density at radius 2 is 1.88 bits per heavy atom. The Morgan fingerprint density at radius 1 is 1.12 bits per heavy atom. The fourth-order valence-corrected chi connectivity index (χ4v) is 2.35. The van der Waals surface area contributed by atoms with Crippen LogP contribution in [-0.2, 0) is 5.75 Å². The molecule has 2 nitrogen and oxygen atoms in total. The van der Waals surface area contributed by atoms with E-state index in [2.05, 4.69) is 0 Å². The van der Waals surface area contributed by atoms with E-state index in [-0.39, 0.29) is 5.75 Å². The van der Waals surface area contributed by atoms with Crippen LogP contribution in [0, 0.1) is 0 Å². The van der Waals surface area contributed by atoms with Crippen molar-refractivity contribution in [2.24, 2.45) is 0 Å². The Balaban J connectivity index is 2.07. The lowest BCUT2D eigenvalue weighted by atomic mass is 10.2. The average Bonchev–Trinajstić information content (AvgIpc) is 2.38. The summed E-state index contributed by atoms with van der Waals surface area (Å²) in [5, 5.41) is 9.72. The van der Waals surface area contributed by atoms with Gasteiger partial charge in [0.15, 0.2) is 0 Å². The van der Waals surface area contributed by atoms with E-state index in [9.17, 15) is 9.90 Å². The molecule has 0 saturated heterocycles. The number of benzene rings is 2. The number of carbonyl (C=O) groups excluding carboxylic acids is 1. The number of thioether (sulfide) groups is 1. The monoisotopic (exact) mass is 244 g/mol. The van der Waals surface area contributed by atoms with Gasteiger partial charge in [-0.05, 0) is 17.7 Å². The summed E-state index contributed by atoms with van der Waals surface area (Å²) in [5.74, 6) is 0.963. The first kappa shape index (κ1) is 11.7. The number of phenols is 1. The third-order valence-corrected chi connectivity index (χ3v) is 3.49. The minimum absolute atomic E-state index is 0.163. The largest absolute Gasteiger partial charge is 0.507 e. The van der Waals surface area contributed by atoms with Crippen molar-refractivity contribution in [1.82, 2.24) is 0 Å². The molecule has 0 atom stereocenters. The number of aldehydes is 1. The molecule has 0 aliphatic carbocycles. The summed E-state index contributed by atoms with van der Waals surface area (Å²) in [4.78, 5) is 11.3. The highest BCUT2D eigenvalue weighted by Crippen LogP contribution is 2.31. The van der Waals surface area contributed by atoms with Crippen molar-refractivity contribution in [3.05, 3.63) is 59.7 Å². The molecule has 0 heterocycles. The number of phenolic OH excluding ortho intramolecular Hbond substituents is 1. The van der Waals surface area contributed by atoms with E-state index in [1.54, 1.807) is 23.9 Å². The van der Waals surface area contributed by atoms with Crippen LogP contribution in [0.25, 0.3) is 0 Å². The number of hydrogen-bond donors (Lipinski definition) is 1. The number of rotatable bonds is 4. The van der Waals surface area contributed by atoms with Gasteiger partial charge in [0.2, 0.25) is 0 Å². The van der Waals surface area contributed by atoms with Crippen LogP contribution in [0.3, 0.4) is 0 Å². The van der Waals surface area contributed by atoms with Gasteiger partial charge in [0, 0.05) is 16.2 Å². The van der Waals surface area contributed by atoms with Crippen LogP contribution in [0.4, 0.5) is 0 Å². The Hall–Kier alpha value is -1.74. The second kappa shape index (κ2) is 5.55. The van der Waals surface area contributed by atoms with Gasteiger partial charge in [0.1, 0.15) is 12.0 Å². The Labute approximate surface area is 104 Å². The highest BCUT2D eigenvalue weighted by atomic mass is 32.2.